The number of aliphatic carboxylic acids is 1. The van der Waals surface area contributed by atoms with Gasteiger partial charge in [0.15, 0.2) is 6.10 Å². The van der Waals surface area contributed by atoms with Gasteiger partial charge < -0.3 is 28.6 Å². The third kappa shape index (κ3) is 37.4. The van der Waals surface area contributed by atoms with Gasteiger partial charge in [0, 0.05) is 19.3 Å². The van der Waals surface area contributed by atoms with Crippen LogP contribution in [-0.2, 0) is 28.6 Å². The smallest absolute Gasteiger partial charge is 0.306 e. The minimum Gasteiger partial charge on any atom is -0.544 e. The number of carbonyl (C=O) groups excluding carboxylic acids is 3. The summed E-state index contributed by atoms with van der Waals surface area (Å²) < 4.78 is 17.2. The van der Waals surface area contributed by atoms with E-state index in [1.165, 1.54) is 135 Å². The zero-order chi connectivity index (χ0) is 40.7. The molecule has 0 aliphatic rings. The lowest BCUT2D eigenvalue weighted by molar-refractivity contribution is -0.889. The predicted molar refractivity (Wildman–Crippen MR) is 227 cm³/mol. The van der Waals surface area contributed by atoms with Crippen LogP contribution >= 0.6 is 0 Å². The lowest BCUT2D eigenvalue weighted by Gasteiger charge is -2.34. The number of rotatable bonds is 42. The summed E-state index contributed by atoms with van der Waals surface area (Å²) in [4.78, 5) is 36.9. The van der Waals surface area contributed by atoms with Gasteiger partial charge in [-0.25, -0.2) is 0 Å². The van der Waals surface area contributed by atoms with Gasteiger partial charge in [0.1, 0.15) is 12.6 Å². The van der Waals surface area contributed by atoms with Gasteiger partial charge >= 0.3 is 11.9 Å². The number of carboxylic acid groups (broad SMARTS) is 1. The van der Waals surface area contributed by atoms with Gasteiger partial charge in [-0.1, -0.05) is 174 Å². The number of nitrogens with zero attached hydrogens (tertiary/aromatic N) is 1. The fraction of sp³-hybridized carbons (Fsp3) is 0.894. The molecule has 0 saturated heterocycles. The van der Waals surface area contributed by atoms with Crippen LogP contribution in [0, 0.1) is 0 Å². The molecule has 0 amide bonds. The zero-order valence-corrected chi connectivity index (χ0v) is 36.9. The molecule has 0 fully saturated rings. The molecule has 0 N–H and O–H groups in total. The summed E-state index contributed by atoms with van der Waals surface area (Å²) in [6.07, 6.45) is 40.9. The Kier molecular flexibility index (Phi) is 37.6. The number of allylic oxidation sites excluding steroid dienone is 2. The minimum absolute atomic E-state index is 0.0430. The van der Waals surface area contributed by atoms with Gasteiger partial charge in [-0.3, -0.25) is 9.59 Å². The highest BCUT2D eigenvalue weighted by Gasteiger charge is 2.25. The van der Waals surface area contributed by atoms with E-state index < -0.39 is 18.1 Å². The van der Waals surface area contributed by atoms with Crippen molar-refractivity contribution in [2.24, 2.45) is 0 Å². The Balaban J connectivity index is 4.28. The normalized spacial score (nSPS) is 13.0. The quantitative estimate of drug-likeness (QED) is 0.0263. The minimum atomic E-state index is -1.12. The topological polar surface area (TPSA) is 102 Å². The second kappa shape index (κ2) is 38.9. The van der Waals surface area contributed by atoms with E-state index in [1.54, 1.807) is 21.1 Å². The molecule has 8 nitrogen and oxygen atoms in total. The van der Waals surface area contributed by atoms with E-state index >= 15 is 0 Å². The molecule has 0 aromatic rings. The highest BCUT2D eigenvalue weighted by atomic mass is 16.6. The maximum atomic E-state index is 12.7. The van der Waals surface area contributed by atoms with Gasteiger partial charge in [-0.2, -0.15) is 0 Å². The summed E-state index contributed by atoms with van der Waals surface area (Å²) in [6.45, 7) is 4.67. The molecule has 0 heterocycles. The Bertz CT molecular complexity index is 915. The first-order valence-corrected chi connectivity index (χ1v) is 23.2. The molecule has 0 aromatic heterocycles. The van der Waals surface area contributed by atoms with Crippen LogP contribution < -0.4 is 5.11 Å². The Morgan fingerprint density at radius 1 is 0.527 bits per heavy atom. The number of ether oxygens (including phenoxy) is 3. The first-order chi connectivity index (χ1) is 26.6. The van der Waals surface area contributed by atoms with Crippen molar-refractivity contribution in [2.75, 3.05) is 41.0 Å². The van der Waals surface area contributed by atoms with Crippen LogP contribution in [-0.4, -0.2) is 75.5 Å². The van der Waals surface area contributed by atoms with E-state index in [4.69, 9.17) is 14.2 Å². The zero-order valence-electron chi connectivity index (χ0n) is 36.9. The molecular weight excluding hydrogens is 691 g/mol. The Hall–Kier alpha value is -1.93. The van der Waals surface area contributed by atoms with E-state index in [-0.39, 0.29) is 42.7 Å². The molecule has 8 heteroatoms. The van der Waals surface area contributed by atoms with Crippen LogP contribution in [0.2, 0.25) is 0 Å². The second-order valence-corrected chi connectivity index (χ2v) is 17.0. The molecule has 0 spiro atoms. The fourth-order valence-electron chi connectivity index (χ4n) is 7.01. The van der Waals surface area contributed by atoms with Crippen molar-refractivity contribution in [3.8, 4) is 0 Å². The number of quaternary nitrogens is 1. The van der Waals surface area contributed by atoms with E-state index in [0.717, 1.165) is 51.4 Å². The van der Waals surface area contributed by atoms with Crippen molar-refractivity contribution in [3.05, 3.63) is 12.2 Å². The standard InChI is InChI=1S/C47H89NO7/c1-6-8-10-12-14-16-18-20-22-23-24-26-27-29-31-33-35-37-45(49)54-42-43(41-53-40-39-44(47(51)52)48(3,4)5)55-46(50)38-36-34-32-30-28-25-21-19-17-15-13-11-9-7-2/h19,21,43-44H,6-18,20,22-42H2,1-5H3/b21-19-. The fourth-order valence-corrected chi connectivity index (χ4v) is 7.01. The number of unbranched alkanes of at least 4 members (excludes halogenated alkanes) is 26. The van der Waals surface area contributed by atoms with Crippen molar-refractivity contribution < 1.29 is 38.2 Å². The molecule has 2 atom stereocenters. The Morgan fingerprint density at radius 3 is 1.31 bits per heavy atom. The molecule has 324 valence electrons. The number of likely N-dealkylation sites (N-methyl/N-ethyl adjacent to an activating group) is 1. The van der Waals surface area contributed by atoms with Gasteiger partial charge in [0.25, 0.3) is 0 Å². The third-order valence-corrected chi connectivity index (χ3v) is 10.7. The van der Waals surface area contributed by atoms with Crippen LogP contribution in [0.4, 0.5) is 0 Å². The molecule has 0 rings (SSSR count). The average Bonchev–Trinajstić information content (AvgIpc) is 3.14. The first kappa shape index (κ1) is 53.1. The molecular formula is C47H89NO7. The van der Waals surface area contributed by atoms with Crippen molar-refractivity contribution >= 4 is 17.9 Å². The second-order valence-electron chi connectivity index (χ2n) is 17.0. The third-order valence-electron chi connectivity index (χ3n) is 10.7. The molecule has 55 heavy (non-hydrogen) atoms. The predicted octanol–water partition coefficient (Wildman–Crippen LogP) is 11.4. The van der Waals surface area contributed by atoms with E-state index in [9.17, 15) is 19.5 Å². The van der Waals surface area contributed by atoms with Crippen LogP contribution in [0.25, 0.3) is 0 Å². The summed E-state index contributed by atoms with van der Waals surface area (Å²) in [6, 6.07) is -0.722. The lowest BCUT2D eigenvalue weighted by Crippen LogP contribution is -2.55. The molecule has 2 unspecified atom stereocenters. The Labute approximate surface area is 339 Å². The molecule has 0 bridgehead atoms. The molecule has 0 aromatic carbocycles. The number of carbonyl (C=O) groups is 3. The van der Waals surface area contributed by atoms with Crippen molar-refractivity contribution in [1.29, 1.82) is 0 Å². The van der Waals surface area contributed by atoms with Crippen molar-refractivity contribution in [2.45, 2.75) is 231 Å². The van der Waals surface area contributed by atoms with E-state index in [0.29, 0.717) is 12.8 Å². The van der Waals surface area contributed by atoms with Crippen molar-refractivity contribution in [3.63, 3.8) is 0 Å². The largest absolute Gasteiger partial charge is 0.544 e. The van der Waals surface area contributed by atoms with Crippen LogP contribution in [0.3, 0.4) is 0 Å². The lowest BCUT2D eigenvalue weighted by atomic mass is 10.0. The van der Waals surface area contributed by atoms with Crippen LogP contribution in [0.1, 0.15) is 219 Å². The van der Waals surface area contributed by atoms with Gasteiger partial charge in [0.2, 0.25) is 0 Å². The number of hydrogen-bond acceptors (Lipinski definition) is 7. The van der Waals surface area contributed by atoms with Crippen molar-refractivity contribution in [1.82, 2.24) is 0 Å². The monoisotopic (exact) mass is 780 g/mol. The summed E-state index contributed by atoms with van der Waals surface area (Å²) in [5.41, 5.74) is 0. The van der Waals surface area contributed by atoms with Crippen LogP contribution in [0.15, 0.2) is 12.2 Å². The molecule has 0 aliphatic carbocycles. The highest BCUT2D eigenvalue weighted by Crippen LogP contribution is 2.16. The van der Waals surface area contributed by atoms with E-state index in [1.807, 2.05) is 0 Å². The summed E-state index contributed by atoms with van der Waals surface area (Å²) >= 11 is 0. The average molecular weight is 780 g/mol. The number of esters is 2. The highest BCUT2D eigenvalue weighted by molar-refractivity contribution is 5.70. The van der Waals surface area contributed by atoms with Gasteiger partial charge in [-0.05, 0) is 38.5 Å². The Morgan fingerprint density at radius 2 is 0.909 bits per heavy atom. The number of carboxylic acids is 1. The summed E-state index contributed by atoms with van der Waals surface area (Å²) in [5, 5.41) is 11.6. The van der Waals surface area contributed by atoms with Crippen LogP contribution in [0.5, 0.6) is 0 Å². The van der Waals surface area contributed by atoms with Gasteiger partial charge in [0.05, 0.1) is 40.3 Å². The first-order valence-electron chi connectivity index (χ1n) is 23.2. The molecule has 0 radical (unpaired) electrons. The maximum Gasteiger partial charge on any atom is 0.306 e. The summed E-state index contributed by atoms with van der Waals surface area (Å²) in [5.74, 6) is -1.73. The van der Waals surface area contributed by atoms with E-state index in [2.05, 4.69) is 26.0 Å². The maximum absolute atomic E-state index is 12.7. The molecule has 0 saturated carbocycles. The SMILES string of the molecule is CCCCCCC/C=C\CCCCCCCC(=O)OC(COCCC(C(=O)[O-])[N+](C)(C)C)COC(=O)CCCCCCCCCCCCCCCCCCC. The number of hydrogen-bond donors (Lipinski definition) is 0. The summed E-state index contributed by atoms with van der Waals surface area (Å²) in [7, 11) is 5.41. The molecule has 0 aliphatic heterocycles. The van der Waals surface area contributed by atoms with Gasteiger partial charge in [-0.15, -0.1) is 0 Å².